The van der Waals surface area contributed by atoms with Crippen LogP contribution in [0.25, 0.3) is 21.8 Å². The van der Waals surface area contributed by atoms with Gasteiger partial charge in [0.25, 0.3) is 0 Å². The number of fused-ring (bicyclic) bond motifs is 2. The van der Waals surface area contributed by atoms with Gasteiger partial charge in [0.1, 0.15) is 23.1 Å². The Morgan fingerprint density at radius 3 is 1.36 bits per heavy atom. The van der Waals surface area contributed by atoms with Gasteiger partial charge in [-0.2, -0.15) is 9.97 Å². The summed E-state index contributed by atoms with van der Waals surface area (Å²) in [5, 5.41) is 8.86. The molecule has 0 atom stereocenters. The van der Waals surface area contributed by atoms with E-state index in [4.69, 9.17) is 29.4 Å². The standard InChI is InChI=1S/2C26H32N6O/c2*1-31(2)13-8-5-11-21-16-23-22(17-24(21)33-3)25(28-19-20-10-9-12-27-18-20)30-26(29-23)32-14-6-4-7-15-32/h2*9-10,12,16-18H,4,6-8,13-15,19H2,1-3H3,(H,28,29,30). The molecular weight excluding hydrogens is 825 g/mol. The molecule has 4 aromatic heterocycles. The van der Waals surface area contributed by atoms with Gasteiger partial charge in [0.15, 0.2) is 0 Å². The van der Waals surface area contributed by atoms with Crippen LogP contribution in [-0.4, -0.2) is 121 Å². The van der Waals surface area contributed by atoms with Gasteiger partial charge in [0, 0.05) is 101 Å². The number of ether oxygens (including phenoxy) is 2. The van der Waals surface area contributed by atoms with E-state index in [1.54, 1.807) is 26.6 Å². The van der Waals surface area contributed by atoms with Crippen LogP contribution in [0.4, 0.5) is 23.5 Å². The van der Waals surface area contributed by atoms with E-state index in [0.29, 0.717) is 13.1 Å². The first kappa shape index (κ1) is 47.2. The summed E-state index contributed by atoms with van der Waals surface area (Å²) in [6, 6.07) is 16.0. The first-order valence-corrected chi connectivity index (χ1v) is 23.1. The first-order valence-electron chi connectivity index (χ1n) is 23.1. The van der Waals surface area contributed by atoms with Crippen LogP contribution in [0, 0.1) is 23.7 Å². The highest BCUT2D eigenvalue weighted by molar-refractivity contribution is 5.94. The number of rotatable bonds is 14. The molecule has 14 heteroatoms. The lowest BCUT2D eigenvalue weighted by atomic mass is 10.1. The van der Waals surface area contributed by atoms with Crippen LogP contribution < -0.4 is 29.9 Å². The molecule has 6 heterocycles. The van der Waals surface area contributed by atoms with Crippen LogP contribution in [0.2, 0.25) is 0 Å². The van der Waals surface area contributed by atoms with Crippen LogP contribution in [0.3, 0.4) is 0 Å². The number of benzene rings is 2. The summed E-state index contributed by atoms with van der Waals surface area (Å²) in [5.41, 5.74) is 5.64. The summed E-state index contributed by atoms with van der Waals surface area (Å²) < 4.78 is 11.4. The maximum absolute atomic E-state index is 5.68. The van der Waals surface area contributed by atoms with Gasteiger partial charge in [-0.25, -0.2) is 9.97 Å². The molecule has 2 N–H and O–H groups in total. The van der Waals surface area contributed by atoms with E-state index < -0.39 is 0 Å². The van der Waals surface area contributed by atoms with Crippen LogP contribution in [-0.2, 0) is 13.1 Å². The minimum absolute atomic E-state index is 0.633. The molecule has 0 amide bonds. The minimum Gasteiger partial charge on any atom is -0.495 e. The summed E-state index contributed by atoms with van der Waals surface area (Å²) in [6.07, 6.45) is 16.1. The Morgan fingerprint density at radius 2 is 1.00 bits per heavy atom. The number of nitrogens with zero attached hydrogens (tertiary/aromatic N) is 10. The topological polar surface area (TPSA) is 133 Å². The second kappa shape index (κ2) is 24.0. The van der Waals surface area contributed by atoms with Crippen molar-refractivity contribution in [3.05, 3.63) is 95.6 Å². The number of hydrogen-bond donors (Lipinski definition) is 2. The van der Waals surface area contributed by atoms with Gasteiger partial charge in [-0.3, -0.25) is 9.97 Å². The Hall–Kier alpha value is -6.74. The summed E-state index contributed by atoms with van der Waals surface area (Å²) in [7, 11) is 11.6. The zero-order valence-electron chi connectivity index (χ0n) is 39.5. The molecule has 6 aromatic rings. The van der Waals surface area contributed by atoms with Crippen molar-refractivity contribution in [2.24, 2.45) is 0 Å². The molecule has 0 radical (unpaired) electrons. The zero-order chi connectivity index (χ0) is 46.1. The Kier molecular flexibility index (Phi) is 17.2. The van der Waals surface area contributed by atoms with Crippen molar-refractivity contribution in [1.82, 2.24) is 39.7 Å². The van der Waals surface area contributed by atoms with Crippen molar-refractivity contribution in [1.29, 1.82) is 0 Å². The van der Waals surface area contributed by atoms with Crippen molar-refractivity contribution in [3.63, 3.8) is 0 Å². The maximum Gasteiger partial charge on any atom is 0.227 e. The van der Waals surface area contributed by atoms with Gasteiger partial charge >= 0.3 is 0 Å². The van der Waals surface area contributed by atoms with Crippen molar-refractivity contribution < 1.29 is 9.47 Å². The van der Waals surface area contributed by atoms with Crippen LogP contribution >= 0.6 is 0 Å². The fourth-order valence-electron chi connectivity index (χ4n) is 7.81. The minimum atomic E-state index is 0.633. The molecule has 344 valence electrons. The highest BCUT2D eigenvalue weighted by Crippen LogP contribution is 2.33. The second-order valence-corrected chi connectivity index (χ2v) is 17.1. The Morgan fingerprint density at radius 1 is 0.576 bits per heavy atom. The highest BCUT2D eigenvalue weighted by atomic mass is 16.5. The van der Waals surface area contributed by atoms with Crippen LogP contribution in [0.1, 0.15) is 73.6 Å². The molecule has 0 bridgehead atoms. The summed E-state index contributed by atoms with van der Waals surface area (Å²) in [5.74, 6) is 17.7. The van der Waals surface area contributed by atoms with Crippen molar-refractivity contribution in [3.8, 4) is 35.2 Å². The van der Waals surface area contributed by atoms with E-state index in [1.807, 2.05) is 48.8 Å². The average Bonchev–Trinajstić information content (AvgIpc) is 3.35. The van der Waals surface area contributed by atoms with Crippen LogP contribution in [0.5, 0.6) is 11.5 Å². The molecule has 0 aliphatic carbocycles. The second-order valence-electron chi connectivity index (χ2n) is 17.1. The smallest absolute Gasteiger partial charge is 0.227 e. The van der Waals surface area contributed by atoms with Gasteiger partial charge in [-0.05, 0) is 114 Å². The number of anilines is 4. The Labute approximate surface area is 390 Å². The Bertz CT molecular complexity index is 2440. The third-order valence-electron chi connectivity index (χ3n) is 11.5. The number of piperidine rings is 2. The molecule has 0 saturated carbocycles. The highest BCUT2D eigenvalue weighted by Gasteiger charge is 2.20. The van der Waals surface area contributed by atoms with E-state index in [9.17, 15) is 0 Å². The number of aromatic nitrogens is 6. The van der Waals surface area contributed by atoms with E-state index in [-0.39, 0.29) is 0 Å². The van der Waals surface area contributed by atoms with E-state index >= 15 is 0 Å². The van der Waals surface area contributed by atoms with Crippen LogP contribution in [0.15, 0.2) is 73.3 Å². The molecule has 2 aromatic carbocycles. The van der Waals surface area contributed by atoms with Gasteiger partial charge in [0.2, 0.25) is 11.9 Å². The largest absolute Gasteiger partial charge is 0.495 e. The normalized spacial score (nSPS) is 13.6. The number of hydrogen-bond acceptors (Lipinski definition) is 14. The van der Waals surface area contributed by atoms with E-state index in [1.165, 1.54) is 38.5 Å². The third-order valence-corrected chi connectivity index (χ3v) is 11.5. The van der Waals surface area contributed by atoms with E-state index in [2.05, 4.69) is 104 Å². The van der Waals surface area contributed by atoms with Crippen molar-refractivity contribution in [2.75, 3.05) is 102 Å². The zero-order valence-corrected chi connectivity index (χ0v) is 39.5. The molecule has 66 heavy (non-hydrogen) atoms. The molecule has 14 nitrogen and oxygen atoms in total. The predicted octanol–water partition coefficient (Wildman–Crippen LogP) is 7.88. The number of nitrogens with one attached hydrogen (secondary N) is 2. The third kappa shape index (κ3) is 13.2. The summed E-state index contributed by atoms with van der Waals surface area (Å²) >= 11 is 0. The number of methoxy groups -OCH3 is 2. The number of pyridine rings is 2. The average molecular weight is 889 g/mol. The van der Waals surface area contributed by atoms with E-state index in [0.717, 1.165) is 131 Å². The summed E-state index contributed by atoms with van der Waals surface area (Å²) in [4.78, 5) is 37.0. The predicted molar refractivity (Wildman–Crippen MR) is 268 cm³/mol. The quantitative estimate of drug-likeness (QED) is 0.103. The lowest BCUT2D eigenvalue weighted by molar-refractivity contribution is 0.414. The SMILES string of the molecule is COc1cc2c(NCc3cccnc3)nc(N3CCCCC3)nc2cc1C#CCCN(C)C.COc1cc2c(NCc3cccnc3)nc(N3CCCCC3)nc2cc1C#CCCN(C)C. The molecule has 2 aliphatic rings. The van der Waals surface area contributed by atoms with Gasteiger partial charge in [0.05, 0.1) is 36.4 Å². The molecule has 2 saturated heterocycles. The maximum atomic E-state index is 5.68. The lowest BCUT2D eigenvalue weighted by Gasteiger charge is -2.27. The molecule has 0 unspecified atom stereocenters. The monoisotopic (exact) mass is 889 g/mol. The molecule has 0 spiro atoms. The van der Waals surface area contributed by atoms with Gasteiger partial charge in [-0.15, -0.1) is 0 Å². The fourth-order valence-corrected chi connectivity index (χ4v) is 7.81. The van der Waals surface area contributed by atoms with Gasteiger partial charge < -0.3 is 39.7 Å². The molecule has 2 aliphatic heterocycles. The molecular formula is C52H64N12O2. The Balaban J connectivity index is 0.000000196. The molecule has 8 rings (SSSR count). The fraction of sp³-hybridized carbons (Fsp3) is 0.423. The molecule has 2 fully saturated rings. The lowest BCUT2D eigenvalue weighted by Crippen LogP contribution is -2.31. The van der Waals surface area contributed by atoms with Gasteiger partial charge in [-0.1, -0.05) is 35.8 Å². The first-order chi connectivity index (χ1) is 32.3. The van der Waals surface area contributed by atoms with Crippen molar-refractivity contribution >= 4 is 45.3 Å². The van der Waals surface area contributed by atoms with Crippen molar-refractivity contribution in [2.45, 2.75) is 64.5 Å². The summed E-state index contributed by atoms with van der Waals surface area (Å²) in [6.45, 7) is 7.06.